The van der Waals surface area contributed by atoms with Crippen molar-refractivity contribution in [3.8, 4) is 5.75 Å². The highest BCUT2D eigenvalue weighted by Crippen LogP contribution is 2.25. The summed E-state index contributed by atoms with van der Waals surface area (Å²) in [6.45, 7) is 0.416. The maximum Gasteiger partial charge on any atom is 0.171 e. The second kappa shape index (κ2) is 7.84. The molecule has 0 radical (unpaired) electrons. The van der Waals surface area contributed by atoms with Crippen LogP contribution in [0.25, 0.3) is 0 Å². The molecule has 1 aromatic heterocycles. The molecule has 4 nitrogen and oxygen atoms in total. The minimum Gasteiger partial charge on any atom is -0.488 e. The number of nitrogens with zero attached hydrogens (tertiary/aromatic N) is 2. The van der Waals surface area contributed by atoms with Crippen molar-refractivity contribution in [1.29, 1.82) is 0 Å². The third kappa shape index (κ3) is 4.26. The van der Waals surface area contributed by atoms with E-state index in [9.17, 15) is 4.79 Å². The SMILES string of the molecule is O=C(Cc1ccnnc1)c1cc(Br)ccc1OCc1ccccc1. The summed E-state index contributed by atoms with van der Waals surface area (Å²) in [5, 5.41) is 7.53. The number of carbonyl (C=O) groups is 1. The molecule has 5 heteroatoms. The minimum atomic E-state index is -0.0210. The van der Waals surface area contributed by atoms with Crippen LogP contribution in [0.3, 0.4) is 0 Å². The van der Waals surface area contributed by atoms with Crippen molar-refractivity contribution in [2.75, 3.05) is 0 Å². The van der Waals surface area contributed by atoms with Crippen LogP contribution < -0.4 is 4.74 Å². The van der Waals surface area contributed by atoms with Gasteiger partial charge in [0.25, 0.3) is 0 Å². The fourth-order valence-corrected chi connectivity index (χ4v) is 2.65. The van der Waals surface area contributed by atoms with Crippen LogP contribution in [-0.4, -0.2) is 16.0 Å². The molecule has 3 aromatic rings. The molecule has 0 aliphatic carbocycles. The van der Waals surface area contributed by atoms with Gasteiger partial charge in [-0.25, -0.2) is 0 Å². The molecule has 0 aliphatic heterocycles. The smallest absolute Gasteiger partial charge is 0.171 e. The van der Waals surface area contributed by atoms with Gasteiger partial charge in [0.05, 0.1) is 11.8 Å². The van der Waals surface area contributed by atoms with Crippen LogP contribution >= 0.6 is 15.9 Å². The second-order valence-corrected chi connectivity index (χ2v) is 6.18. The molecule has 0 spiro atoms. The molecule has 2 aromatic carbocycles. The molecular formula is C19H15BrN2O2. The quantitative estimate of drug-likeness (QED) is 0.598. The highest BCUT2D eigenvalue weighted by Gasteiger charge is 2.14. The first-order valence-electron chi connectivity index (χ1n) is 7.47. The zero-order valence-electron chi connectivity index (χ0n) is 12.9. The van der Waals surface area contributed by atoms with Crippen molar-refractivity contribution in [2.24, 2.45) is 0 Å². The molecular weight excluding hydrogens is 368 g/mol. The van der Waals surface area contributed by atoms with E-state index in [0.717, 1.165) is 15.6 Å². The fraction of sp³-hybridized carbons (Fsp3) is 0.105. The molecule has 0 N–H and O–H groups in total. The first-order chi connectivity index (χ1) is 11.7. The standard InChI is InChI=1S/C19H15BrN2O2/c20-16-6-7-19(24-13-14-4-2-1-3-5-14)17(11-16)18(23)10-15-8-9-21-22-12-15/h1-9,11-12H,10,13H2. The van der Waals surface area contributed by atoms with Gasteiger partial charge >= 0.3 is 0 Å². The van der Waals surface area contributed by atoms with Gasteiger partial charge in [-0.2, -0.15) is 10.2 Å². The van der Waals surface area contributed by atoms with Crippen molar-refractivity contribution >= 4 is 21.7 Å². The normalized spacial score (nSPS) is 10.4. The van der Waals surface area contributed by atoms with Crippen LogP contribution in [0.1, 0.15) is 21.5 Å². The Bertz CT molecular complexity index is 823. The Balaban J connectivity index is 1.79. The predicted molar refractivity (Wildman–Crippen MR) is 95.0 cm³/mol. The molecule has 120 valence electrons. The first kappa shape index (κ1) is 16.3. The highest BCUT2D eigenvalue weighted by atomic mass is 79.9. The zero-order chi connectivity index (χ0) is 16.8. The summed E-state index contributed by atoms with van der Waals surface area (Å²) in [5.74, 6) is 0.557. The molecule has 24 heavy (non-hydrogen) atoms. The van der Waals surface area contributed by atoms with Crippen molar-refractivity contribution in [2.45, 2.75) is 13.0 Å². The second-order valence-electron chi connectivity index (χ2n) is 5.27. The topological polar surface area (TPSA) is 52.1 Å². The average Bonchev–Trinajstić information content (AvgIpc) is 2.62. The van der Waals surface area contributed by atoms with Gasteiger partial charge in [-0.3, -0.25) is 4.79 Å². The monoisotopic (exact) mass is 382 g/mol. The van der Waals surface area contributed by atoms with Gasteiger partial charge in [-0.1, -0.05) is 46.3 Å². The van der Waals surface area contributed by atoms with E-state index in [-0.39, 0.29) is 12.2 Å². The lowest BCUT2D eigenvalue weighted by Gasteiger charge is -2.11. The van der Waals surface area contributed by atoms with E-state index in [4.69, 9.17) is 4.74 Å². The van der Waals surface area contributed by atoms with Crippen LogP contribution in [0.2, 0.25) is 0 Å². The molecule has 0 unspecified atom stereocenters. The maximum atomic E-state index is 12.6. The predicted octanol–water partition coefficient (Wildman–Crippen LogP) is 4.24. The largest absolute Gasteiger partial charge is 0.488 e. The van der Waals surface area contributed by atoms with Crippen molar-refractivity contribution in [3.05, 3.63) is 88.2 Å². The van der Waals surface area contributed by atoms with Gasteiger partial charge in [-0.05, 0) is 35.4 Å². The van der Waals surface area contributed by atoms with E-state index in [0.29, 0.717) is 17.9 Å². The van der Waals surface area contributed by atoms with E-state index in [1.165, 1.54) is 0 Å². The number of halogens is 1. The van der Waals surface area contributed by atoms with Crippen LogP contribution in [-0.2, 0) is 13.0 Å². The molecule has 3 rings (SSSR count). The molecule has 0 saturated carbocycles. The summed E-state index contributed by atoms with van der Waals surface area (Å²) in [6.07, 6.45) is 3.43. The number of hydrogen-bond donors (Lipinski definition) is 0. The lowest BCUT2D eigenvalue weighted by molar-refractivity contribution is 0.0988. The lowest BCUT2D eigenvalue weighted by Crippen LogP contribution is -2.07. The number of Topliss-reactive ketones (excluding diaryl/α,β-unsaturated/α-hetero) is 1. The fourth-order valence-electron chi connectivity index (χ4n) is 2.28. The van der Waals surface area contributed by atoms with Gasteiger partial charge in [0, 0.05) is 17.1 Å². The average molecular weight is 383 g/mol. The summed E-state index contributed by atoms with van der Waals surface area (Å²) >= 11 is 3.42. The van der Waals surface area contributed by atoms with E-state index in [2.05, 4.69) is 26.1 Å². The van der Waals surface area contributed by atoms with Crippen LogP contribution in [0.15, 0.2) is 71.5 Å². The Morgan fingerprint density at radius 3 is 2.58 bits per heavy atom. The van der Waals surface area contributed by atoms with Crippen molar-refractivity contribution in [3.63, 3.8) is 0 Å². The molecule has 1 heterocycles. The van der Waals surface area contributed by atoms with Crippen LogP contribution in [0, 0.1) is 0 Å². The van der Waals surface area contributed by atoms with Crippen LogP contribution in [0.4, 0.5) is 0 Å². The molecule has 0 fully saturated rings. The Kier molecular flexibility index (Phi) is 5.33. The summed E-state index contributed by atoms with van der Waals surface area (Å²) < 4.78 is 6.71. The van der Waals surface area contributed by atoms with Crippen molar-refractivity contribution < 1.29 is 9.53 Å². The lowest BCUT2D eigenvalue weighted by atomic mass is 10.0. The summed E-state index contributed by atoms with van der Waals surface area (Å²) in [6, 6.07) is 17.1. The Morgan fingerprint density at radius 2 is 1.83 bits per heavy atom. The van der Waals surface area contributed by atoms with Gasteiger partial charge < -0.3 is 4.74 Å². The van der Waals surface area contributed by atoms with Gasteiger partial charge in [0.2, 0.25) is 0 Å². The van der Waals surface area contributed by atoms with Crippen LogP contribution in [0.5, 0.6) is 5.75 Å². The number of benzene rings is 2. The minimum absolute atomic E-state index is 0.0210. The van der Waals surface area contributed by atoms with Crippen molar-refractivity contribution in [1.82, 2.24) is 10.2 Å². The van der Waals surface area contributed by atoms with E-state index in [1.54, 1.807) is 24.5 Å². The van der Waals surface area contributed by atoms with E-state index < -0.39 is 0 Å². The number of hydrogen-bond acceptors (Lipinski definition) is 4. The summed E-state index contributed by atoms with van der Waals surface area (Å²) in [5.41, 5.74) is 2.43. The molecule has 0 bridgehead atoms. The van der Waals surface area contributed by atoms with Gasteiger partial charge in [-0.15, -0.1) is 0 Å². The Morgan fingerprint density at radius 1 is 1.00 bits per heavy atom. The third-order valence-corrected chi connectivity index (χ3v) is 3.98. The first-order valence-corrected chi connectivity index (χ1v) is 8.27. The Hall–Kier alpha value is -2.53. The zero-order valence-corrected chi connectivity index (χ0v) is 14.4. The Labute approximate surface area is 148 Å². The highest BCUT2D eigenvalue weighted by molar-refractivity contribution is 9.10. The number of carbonyl (C=O) groups excluding carboxylic acids is 1. The van der Waals surface area contributed by atoms with E-state index >= 15 is 0 Å². The van der Waals surface area contributed by atoms with Gasteiger partial charge in [0.1, 0.15) is 12.4 Å². The molecule has 0 aliphatic rings. The summed E-state index contributed by atoms with van der Waals surface area (Å²) in [7, 11) is 0. The van der Waals surface area contributed by atoms with Gasteiger partial charge in [0.15, 0.2) is 5.78 Å². The molecule has 0 saturated heterocycles. The maximum absolute atomic E-state index is 12.6. The number of ketones is 1. The third-order valence-electron chi connectivity index (χ3n) is 3.49. The number of rotatable bonds is 6. The van der Waals surface area contributed by atoms with E-state index in [1.807, 2.05) is 42.5 Å². The number of aromatic nitrogens is 2. The number of ether oxygens (including phenoxy) is 1. The molecule has 0 atom stereocenters. The molecule has 0 amide bonds. The summed E-state index contributed by atoms with van der Waals surface area (Å²) in [4.78, 5) is 12.6.